The van der Waals surface area contributed by atoms with Gasteiger partial charge in [-0.25, -0.2) is 4.98 Å². The largest absolute Gasteiger partial charge is 0.374 e. The molecule has 1 aromatic rings. The Bertz CT molecular complexity index is 482. The van der Waals surface area contributed by atoms with Gasteiger partial charge in [-0.1, -0.05) is 24.6 Å². The van der Waals surface area contributed by atoms with E-state index in [1.807, 2.05) is 20.0 Å². The van der Waals surface area contributed by atoms with Crippen molar-refractivity contribution in [2.45, 2.75) is 13.5 Å². The Hall–Kier alpha value is -1.31. The van der Waals surface area contributed by atoms with Crippen molar-refractivity contribution in [2.24, 2.45) is 0 Å². The average Bonchev–Trinajstić information content (AvgIpc) is 2.41. The van der Waals surface area contributed by atoms with E-state index in [1.54, 1.807) is 12.3 Å². The Morgan fingerprint density at radius 3 is 2.95 bits per heavy atom. The zero-order chi connectivity index (χ0) is 15.7. The molecule has 0 aliphatic rings. The lowest BCUT2D eigenvalue weighted by atomic mass is 10.3. The van der Waals surface area contributed by atoms with Gasteiger partial charge in [0.2, 0.25) is 0 Å². The van der Waals surface area contributed by atoms with E-state index in [0.717, 1.165) is 30.6 Å². The van der Waals surface area contributed by atoms with Crippen LogP contribution in [0.3, 0.4) is 0 Å². The molecular weight excluding hydrogens is 312 g/mol. The summed E-state index contributed by atoms with van der Waals surface area (Å²) in [7, 11) is 1.99. The number of rotatable bonds is 9. The number of aromatic nitrogens is 1. The predicted octanol–water partition coefficient (Wildman–Crippen LogP) is 2.59. The van der Waals surface area contributed by atoms with Gasteiger partial charge in [0.1, 0.15) is 10.2 Å². The molecule has 0 saturated heterocycles. The maximum absolute atomic E-state index is 10.5. The third kappa shape index (κ3) is 7.89. The van der Waals surface area contributed by atoms with E-state index >= 15 is 0 Å². The summed E-state index contributed by atoms with van der Waals surface area (Å²) in [5.41, 5.74) is 1.07. The molecule has 0 amide bonds. The maximum Gasteiger partial charge on any atom is 0.263 e. The molecule has 8 heteroatoms. The van der Waals surface area contributed by atoms with Crippen molar-refractivity contribution in [3.05, 3.63) is 50.4 Å². The number of hydrogen-bond acceptors (Lipinski definition) is 6. The first-order valence-corrected chi connectivity index (χ1v) is 7.88. The van der Waals surface area contributed by atoms with Crippen LogP contribution in [0.4, 0.5) is 0 Å². The molecule has 0 unspecified atom stereocenters. The highest BCUT2D eigenvalue weighted by Crippen LogP contribution is 2.11. The summed E-state index contributed by atoms with van der Waals surface area (Å²) in [6.07, 6.45) is 2.76. The lowest BCUT2D eigenvalue weighted by molar-refractivity contribution is -0.403. The van der Waals surface area contributed by atoms with Crippen LogP contribution in [-0.4, -0.2) is 40.7 Å². The minimum Gasteiger partial charge on any atom is -0.374 e. The van der Waals surface area contributed by atoms with Crippen molar-refractivity contribution < 1.29 is 4.92 Å². The number of nitrogens with one attached hydrogen (secondary N) is 1. The molecule has 0 aliphatic carbocycles. The fraction of sp³-hybridized carbons (Fsp3) is 0.462. The Kier molecular flexibility index (Phi) is 8.11. The quantitative estimate of drug-likeness (QED) is 0.426. The number of nitrogens with zero attached hydrogens (tertiary/aromatic N) is 3. The summed E-state index contributed by atoms with van der Waals surface area (Å²) in [5, 5.41) is 14.6. The normalized spacial score (nSPS) is 11.7. The third-order valence-corrected chi connectivity index (χ3v) is 3.63. The van der Waals surface area contributed by atoms with Crippen molar-refractivity contribution >= 4 is 23.4 Å². The van der Waals surface area contributed by atoms with E-state index in [2.05, 4.69) is 15.2 Å². The molecule has 6 nitrogen and oxygen atoms in total. The van der Waals surface area contributed by atoms with Gasteiger partial charge in [0.25, 0.3) is 6.20 Å². The number of pyridine rings is 1. The van der Waals surface area contributed by atoms with E-state index in [1.165, 1.54) is 11.8 Å². The second-order valence-corrected chi connectivity index (χ2v) is 6.06. The van der Waals surface area contributed by atoms with E-state index in [-0.39, 0.29) is 0 Å². The smallest absolute Gasteiger partial charge is 0.263 e. The molecule has 0 radical (unpaired) electrons. The molecule has 1 heterocycles. The van der Waals surface area contributed by atoms with Crippen molar-refractivity contribution in [3.63, 3.8) is 0 Å². The van der Waals surface area contributed by atoms with Gasteiger partial charge in [-0.3, -0.25) is 10.1 Å². The molecule has 0 spiro atoms. The SMILES string of the molecule is CCS/C(=C\[N+](=O)[O-])NCCN(C)Cc1ccc(Cl)nc1. The first-order valence-electron chi connectivity index (χ1n) is 6.52. The zero-order valence-electron chi connectivity index (χ0n) is 12.1. The Labute approximate surface area is 133 Å². The Morgan fingerprint density at radius 2 is 2.38 bits per heavy atom. The zero-order valence-corrected chi connectivity index (χ0v) is 13.7. The highest BCUT2D eigenvalue weighted by molar-refractivity contribution is 8.02. The van der Waals surface area contributed by atoms with Gasteiger partial charge in [-0.2, -0.15) is 0 Å². The van der Waals surface area contributed by atoms with Gasteiger partial charge in [-0.05, 0) is 24.4 Å². The van der Waals surface area contributed by atoms with Gasteiger partial charge in [0.05, 0.1) is 4.92 Å². The van der Waals surface area contributed by atoms with Crippen LogP contribution in [0, 0.1) is 10.1 Å². The minimum atomic E-state index is -0.436. The lowest BCUT2D eigenvalue weighted by Crippen LogP contribution is -2.28. The minimum absolute atomic E-state index is 0.436. The molecule has 1 rings (SSSR count). The first kappa shape index (κ1) is 17.7. The summed E-state index contributed by atoms with van der Waals surface area (Å²) in [5.74, 6) is 0.791. The Morgan fingerprint density at radius 1 is 1.62 bits per heavy atom. The van der Waals surface area contributed by atoms with Crippen LogP contribution >= 0.6 is 23.4 Å². The van der Waals surface area contributed by atoms with E-state index < -0.39 is 4.92 Å². The van der Waals surface area contributed by atoms with Gasteiger partial charge in [0.15, 0.2) is 0 Å². The molecule has 0 aromatic carbocycles. The third-order valence-electron chi connectivity index (χ3n) is 2.56. The second kappa shape index (κ2) is 9.59. The van der Waals surface area contributed by atoms with Crippen LogP contribution < -0.4 is 5.32 Å². The summed E-state index contributed by atoms with van der Waals surface area (Å²) in [6.45, 7) is 4.12. The molecule has 1 aromatic heterocycles. The van der Waals surface area contributed by atoms with Crippen LogP contribution in [0.1, 0.15) is 12.5 Å². The fourth-order valence-corrected chi connectivity index (χ4v) is 2.43. The molecule has 21 heavy (non-hydrogen) atoms. The topological polar surface area (TPSA) is 71.3 Å². The summed E-state index contributed by atoms with van der Waals surface area (Å²) in [4.78, 5) is 16.2. The molecule has 116 valence electrons. The van der Waals surface area contributed by atoms with Gasteiger partial charge < -0.3 is 10.2 Å². The van der Waals surface area contributed by atoms with Crippen LogP contribution in [0.25, 0.3) is 0 Å². The molecular formula is C13H19ClN4O2S. The fourth-order valence-electron chi connectivity index (χ4n) is 1.65. The van der Waals surface area contributed by atoms with E-state index in [9.17, 15) is 10.1 Å². The van der Waals surface area contributed by atoms with Crippen molar-refractivity contribution in [1.82, 2.24) is 15.2 Å². The number of thioether (sulfide) groups is 1. The summed E-state index contributed by atoms with van der Waals surface area (Å²) >= 11 is 7.17. The van der Waals surface area contributed by atoms with Crippen LogP contribution in [0.5, 0.6) is 0 Å². The highest BCUT2D eigenvalue weighted by Gasteiger charge is 2.04. The van der Waals surface area contributed by atoms with Gasteiger partial charge >= 0.3 is 0 Å². The van der Waals surface area contributed by atoms with E-state index in [0.29, 0.717) is 16.7 Å². The van der Waals surface area contributed by atoms with Crippen LogP contribution in [0.15, 0.2) is 29.6 Å². The van der Waals surface area contributed by atoms with Gasteiger partial charge in [-0.15, -0.1) is 11.8 Å². The standard InChI is InChI=1S/C13H19ClN4O2S/c1-3-21-13(10-18(19)20)15-6-7-17(2)9-11-4-5-12(14)16-8-11/h4-5,8,10,15H,3,6-7,9H2,1-2H3/b13-10-. The monoisotopic (exact) mass is 330 g/mol. The van der Waals surface area contributed by atoms with Crippen molar-refractivity contribution in [3.8, 4) is 0 Å². The van der Waals surface area contributed by atoms with Crippen LogP contribution in [-0.2, 0) is 6.54 Å². The molecule has 1 N–H and O–H groups in total. The van der Waals surface area contributed by atoms with Gasteiger partial charge in [0, 0.05) is 25.8 Å². The molecule has 0 aliphatic heterocycles. The average molecular weight is 331 g/mol. The number of hydrogen-bond donors (Lipinski definition) is 1. The molecule has 0 fully saturated rings. The van der Waals surface area contributed by atoms with Crippen LogP contribution in [0.2, 0.25) is 5.15 Å². The molecule has 0 atom stereocenters. The maximum atomic E-state index is 10.5. The first-order chi connectivity index (χ1) is 10.0. The second-order valence-electron chi connectivity index (χ2n) is 4.37. The van der Waals surface area contributed by atoms with Crippen molar-refractivity contribution in [2.75, 3.05) is 25.9 Å². The van der Waals surface area contributed by atoms with Crippen molar-refractivity contribution in [1.29, 1.82) is 0 Å². The lowest BCUT2D eigenvalue weighted by Gasteiger charge is -2.17. The summed E-state index contributed by atoms with van der Waals surface area (Å²) in [6, 6.07) is 3.70. The highest BCUT2D eigenvalue weighted by atomic mass is 35.5. The summed E-state index contributed by atoms with van der Waals surface area (Å²) < 4.78 is 0. The molecule has 0 saturated carbocycles. The molecule has 0 bridgehead atoms. The number of halogens is 1. The predicted molar refractivity (Wildman–Crippen MR) is 86.8 cm³/mol. The number of nitro groups is 1. The van der Waals surface area contributed by atoms with E-state index in [4.69, 9.17) is 11.6 Å². The number of likely N-dealkylation sites (N-methyl/N-ethyl adjacent to an activating group) is 1. The Balaban J connectivity index is 2.36.